The van der Waals surface area contributed by atoms with Gasteiger partial charge in [-0.1, -0.05) is 31.0 Å². The van der Waals surface area contributed by atoms with Gasteiger partial charge in [0.15, 0.2) is 0 Å². The lowest BCUT2D eigenvalue weighted by Crippen LogP contribution is -2.07. The average Bonchev–Trinajstić information content (AvgIpc) is 2.98. The van der Waals surface area contributed by atoms with Gasteiger partial charge in [0.1, 0.15) is 17.4 Å². The van der Waals surface area contributed by atoms with E-state index >= 15 is 0 Å². The first kappa shape index (κ1) is 10.8. The number of aliphatic hydroxyl groups is 1. The van der Waals surface area contributed by atoms with Gasteiger partial charge in [0.05, 0.1) is 0 Å². The highest BCUT2D eigenvalue weighted by atomic mass is 16.4. The van der Waals surface area contributed by atoms with Crippen LogP contribution in [-0.4, -0.2) is 5.11 Å². The summed E-state index contributed by atoms with van der Waals surface area (Å²) in [7, 11) is 0. The molecule has 1 heterocycles. The van der Waals surface area contributed by atoms with Crippen molar-refractivity contribution < 1.29 is 9.52 Å². The highest BCUT2D eigenvalue weighted by Gasteiger charge is 2.27. The Morgan fingerprint density at radius 1 is 1.29 bits per heavy atom. The van der Waals surface area contributed by atoms with Crippen LogP contribution in [0.3, 0.4) is 0 Å². The SMILES string of the molecule is Cc1cccc2cc(C(O)C3CCCC3)oc12. The van der Waals surface area contributed by atoms with E-state index in [0.717, 1.165) is 35.1 Å². The largest absolute Gasteiger partial charge is 0.458 e. The van der Waals surface area contributed by atoms with Crippen molar-refractivity contribution in [1.29, 1.82) is 0 Å². The third-order valence-electron chi connectivity index (χ3n) is 3.90. The predicted octanol–water partition coefficient (Wildman–Crippen LogP) is 3.96. The number of hydrogen-bond donors (Lipinski definition) is 1. The molecule has 90 valence electrons. The van der Waals surface area contributed by atoms with E-state index in [4.69, 9.17) is 4.42 Å². The van der Waals surface area contributed by atoms with Gasteiger partial charge in [-0.05, 0) is 37.3 Å². The predicted molar refractivity (Wildman–Crippen MR) is 67.9 cm³/mol. The van der Waals surface area contributed by atoms with Crippen LogP contribution in [-0.2, 0) is 0 Å². The molecule has 0 amide bonds. The van der Waals surface area contributed by atoms with Crippen molar-refractivity contribution in [2.45, 2.75) is 38.7 Å². The van der Waals surface area contributed by atoms with Gasteiger partial charge in [-0.3, -0.25) is 0 Å². The molecule has 17 heavy (non-hydrogen) atoms. The minimum Gasteiger partial charge on any atom is -0.458 e. The fraction of sp³-hybridized carbons (Fsp3) is 0.467. The lowest BCUT2D eigenvalue weighted by atomic mass is 9.99. The molecule has 2 aromatic rings. The minimum absolute atomic E-state index is 0.385. The van der Waals surface area contributed by atoms with Crippen LogP contribution in [0.4, 0.5) is 0 Å². The van der Waals surface area contributed by atoms with E-state index < -0.39 is 6.10 Å². The summed E-state index contributed by atoms with van der Waals surface area (Å²) in [4.78, 5) is 0. The van der Waals surface area contributed by atoms with Crippen molar-refractivity contribution in [3.63, 3.8) is 0 Å². The maximum atomic E-state index is 10.3. The highest BCUT2D eigenvalue weighted by Crippen LogP contribution is 2.37. The molecular formula is C15H18O2. The Morgan fingerprint density at radius 3 is 2.76 bits per heavy atom. The molecule has 0 saturated heterocycles. The summed E-state index contributed by atoms with van der Waals surface area (Å²) in [6, 6.07) is 8.10. The van der Waals surface area contributed by atoms with Crippen molar-refractivity contribution in [2.75, 3.05) is 0 Å². The highest BCUT2D eigenvalue weighted by molar-refractivity contribution is 5.80. The van der Waals surface area contributed by atoms with Gasteiger partial charge >= 0.3 is 0 Å². The van der Waals surface area contributed by atoms with E-state index in [9.17, 15) is 5.11 Å². The molecule has 1 aromatic heterocycles. The molecule has 1 fully saturated rings. The van der Waals surface area contributed by atoms with Gasteiger partial charge < -0.3 is 9.52 Å². The van der Waals surface area contributed by atoms with Crippen LogP contribution in [0.1, 0.15) is 43.1 Å². The zero-order chi connectivity index (χ0) is 11.8. The zero-order valence-corrected chi connectivity index (χ0v) is 10.1. The molecule has 2 heteroatoms. The van der Waals surface area contributed by atoms with E-state index in [0.29, 0.717) is 5.92 Å². The number of furan rings is 1. The van der Waals surface area contributed by atoms with Crippen LogP contribution in [0.25, 0.3) is 11.0 Å². The Balaban J connectivity index is 1.97. The topological polar surface area (TPSA) is 33.4 Å². The first-order chi connectivity index (χ1) is 8.25. The van der Waals surface area contributed by atoms with Crippen LogP contribution in [0.2, 0.25) is 0 Å². The molecule has 1 aliphatic rings. The summed E-state index contributed by atoms with van der Waals surface area (Å²) in [5.74, 6) is 1.12. The van der Waals surface area contributed by atoms with Gasteiger partial charge in [0.25, 0.3) is 0 Å². The van der Waals surface area contributed by atoms with Gasteiger partial charge in [-0.15, -0.1) is 0 Å². The molecule has 1 aliphatic carbocycles. The number of aliphatic hydroxyl groups excluding tert-OH is 1. The molecule has 1 unspecified atom stereocenters. The molecule has 1 aromatic carbocycles. The fourth-order valence-corrected chi connectivity index (χ4v) is 2.88. The molecule has 0 radical (unpaired) electrons. The Hall–Kier alpha value is -1.28. The quantitative estimate of drug-likeness (QED) is 0.847. The maximum absolute atomic E-state index is 10.3. The van der Waals surface area contributed by atoms with Gasteiger partial charge in [-0.25, -0.2) is 0 Å². The normalized spacial score (nSPS) is 18.9. The van der Waals surface area contributed by atoms with Crippen molar-refractivity contribution in [2.24, 2.45) is 5.92 Å². The summed E-state index contributed by atoms with van der Waals surface area (Å²) in [5, 5.41) is 11.4. The van der Waals surface area contributed by atoms with Crippen LogP contribution in [0.5, 0.6) is 0 Å². The van der Waals surface area contributed by atoms with E-state index in [2.05, 4.69) is 0 Å². The van der Waals surface area contributed by atoms with Gasteiger partial charge in [0.2, 0.25) is 0 Å². The summed E-state index contributed by atoms with van der Waals surface area (Å²) < 4.78 is 5.82. The summed E-state index contributed by atoms with van der Waals surface area (Å²) >= 11 is 0. The van der Waals surface area contributed by atoms with Crippen LogP contribution in [0.15, 0.2) is 28.7 Å². The zero-order valence-electron chi connectivity index (χ0n) is 10.1. The second kappa shape index (κ2) is 4.19. The molecular weight excluding hydrogens is 212 g/mol. The first-order valence-electron chi connectivity index (χ1n) is 6.43. The lowest BCUT2D eigenvalue weighted by Gasteiger charge is -2.14. The summed E-state index contributed by atoms with van der Waals surface area (Å²) in [5.41, 5.74) is 2.05. The van der Waals surface area contributed by atoms with Crippen LogP contribution < -0.4 is 0 Å². The Morgan fingerprint density at radius 2 is 2.06 bits per heavy atom. The molecule has 3 rings (SSSR count). The monoisotopic (exact) mass is 230 g/mol. The molecule has 0 bridgehead atoms. The molecule has 1 atom stereocenters. The van der Waals surface area contributed by atoms with E-state index in [1.54, 1.807) is 0 Å². The average molecular weight is 230 g/mol. The number of aryl methyl sites for hydroxylation is 1. The second-order valence-corrected chi connectivity index (χ2v) is 5.13. The molecule has 2 nitrogen and oxygen atoms in total. The smallest absolute Gasteiger partial charge is 0.137 e. The summed E-state index contributed by atoms with van der Waals surface area (Å²) in [6.07, 6.45) is 4.29. The van der Waals surface area contributed by atoms with Crippen LogP contribution in [0, 0.1) is 12.8 Å². The number of benzene rings is 1. The van der Waals surface area contributed by atoms with Crippen molar-refractivity contribution >= 4 is 11.0 Å². The Labute approximate surface area is 101 Å². The van der Waals surface area contributed by atoms with E-state index in [1.165, 1.54) is 12.8 Å². The molecule has 1 saturated carbocycles. The van der Waals surface area contributed by atoms with Gasteiger partial charge in [-0.2, -0.15) is 0 Å². The van der Waals surface area contributed by atoms with Crippen molar-refractivity contribution in [3.05, 3.63) is 35.6 Å². The second-order valence-electron chi connectivity index (χ2n) is 5.13. The van der Waals surface area contributed by atoms with E-state index in [1.807, 2.05) is 31.2 Å². The van der Waals surface area contributed by atoms with Crippen molar-refractivity contribution in [1.82, 2.24) is 0 Å². The van der Waals surface area contributed by atoms with Gasteiger partial charge in [0, 0.05) is 5.39 Å². The Bertz CT molecular complexity index is 521. The fourth-order valence-electron chi connectivity index (χ4n) is 2.88. The number of rotatable bonds is 2. The molecule has 0 aliphatic heterocycles. The molecule has 1 N–H and O–H groups in total. The third-order valence-corrected chi connectivity index (χ3v) is 3.90. The number of hydrogen-bond acceptors (Lipinski definition) is 2. The standard InChI is InChI=1S/C15H18O2/c1-10-5-4-8-12-9-13(17-15(10)12)14(16)11-6-2-3-7-11/h4-5,8-9,11,14,16H,2-3,6-7H2,1H3. The van der Waals surface area contributed by atoms with E-state index in [-0.39, 0.29) is 0 Å². The first-order valence-corrected chi connectivity index (χ1v) is 6.43. The van der Waals surface area contributed by atoms with Crippen molar-refractivity contribution in [3.8, 4) is 0 Å². The Kier molecular flexibility index (Phi) is 2.67. The summed E-state index contributed by atoms with van der Waals surface area (Å²) in [6.45, 7) is 2.04. The minimum atomic E-state index is -0.427. The lowest BCUT2D eigenvalue weighted by molar-refractivity contribution is 0.0905. The maximum Gasteiger partial charge on any atom is 0.137 e. The third kappa shape index (κ3) is 1.87. The molecule has 0 spiro atoms. The van der Waals surface area contributed by atoms with Crippen LogP contribution >= 0.6 is 0 Å². The number of para-hydroxylation sites is 1. The number of fused-ring (bicyclic) bond motifs is 1.